The van der Waals surface area contributed by atoms with E-state index in [1.807, 2.05) is 0 Å². The van der Waals surface area contributed by atoms with Crippen molar-refractivity contribution in [2.75, 3.05) is 13.2 Å². The Bertz CT molecular complexity index is 653. The fourth-order valence-corrected chi connectivity index (χ4v) is 4.74. The quantitative estimate of drug-likeness (QED) is 0.638. The van der Waals surface area contributed by atoms with E-state index in [2.05, 4.69) is 0 Å². The van der Waals surface area contributed by atoms with E-state index < -0.39 is 70.9 Å². The lowest BCUT2D eigenvalue weighted by atomic mass is 9.33. The van der Waals surface area contributed by atoms with Crippen molar-refractivity contribution in [2.45, 2.75) is 46.9 Å². The Morgan fingerprint density at radius 3 is 0.750 bits per heavy atom. The molecule has 4 rings (SSSR count). The standard InChI is InChI=1S/C12H6F14O2/c13-5-8(17,18)3(1-27)7(15,16)4(2-28,10(5,21)22)11(23,24)6(14,9(3,19)20)12(5,25)26/h27-28H,1-2H2. The molecule has 4 saturated carbocycles. The van der Waals surface area contributed by atoms with Gasteiger partial charge in [-0.05, 0) is 0 Å². The molecule has 0 amide bonds. The Morgan fingerprint density at radius 2 is 0.571 bits per heavy atom. The second kappa shape index (κ2) is 4.34. The lowest BCUT2D eigenvalue weighted by molar-refractivity contribution is -0.620. The second-order valence-corrected chi connectivity index (χ2v) is 6.89. The van der Waals surface area contributed by atoms with Gasteiger partial charge in [0, 0.05) is 0 Å². The largest absolute Gasteiger partial charge is 0.395 e. The number of halogens is 14. The van der Waals surface area contributed by atoms with Crippen molar-refractivity contribution < 1.29 is 71.7 Å². The lowest BCUT2D eigenvalue weighted by Gasteiger charge is -2.77. The van der Waals surface area contributed by atoms with E-state index >= 15 is 0 Å². The van der Waals surface area contributed by atoms with Crippen LogP contribution in [0.25, 0.3) is 0 Å². The lowest BCUT2D eigenvalue weighted by Crippen LogP contribution is -3.07. The van der Waals surface area contributed by atoms with Crippen LogP contribution >= 0.6 is 0 Å². The molecule has 0 aromatic carbocycles. The van der Waals surface area contributed by atoms with Gasteiger partial charge in [0.05, 0.1) is 13.2 Å². The van der Waals surface area contributed by atoms with Crippen LogP contribution in [0.2, 0.25) is 0 Å². The highest BCUT2D eigenvalue weighted by Gasteiger charge is 3.21. The molecule has 0 unspecified atom stereocenters. The Kier molecular flexibility index (Phi) is 3.36. The molecule has 2 N–H and O–H groups in total. The van der Waals surface area contributed by atoms with Gasteiger partial charge in [-0.25, -0.2) is 52.7 Å². The topological polar surface area (TPSA) is 40.5 Å². The number of hydrogen-bond acceptors (Lipinski definition) is 2. The Morgan fingerprint density at radius 1 is 0.357 bits per heavy atom. The SMILES string of the molecule is OCC12C(F)(F)C3(F)C(F)(F)C(F)(C1(F)F)C(F)(F)C(CO)(C3(F)F)C2(F)F. The summed E-state index contributed by atoms with van der Waals surface area (Å²) >= 11 is 0. The van der Waals surface area contributed by atoms with Crippen LogP contribution in [0.15, 0.2) is 0 Å². The van der Waals surface area contributed by atoms with E-state index in [-0.39, 0.29) is 0 Å². The maximum Gasteiger partial charge on any atom is 0.338 e. The fraction of sp³-hybridized carbons (Fsp3) is 1.00. The van der Waals surface area contributed by atoms with E-state index in [4.69, 9.17) is 10.2 Å². The third kappa shape index (κ3) is 1.12. The van der Waals surface area contributed by atoms with Crippen molar-refractivity contribution in [3.05, 3.63) is 0 Å². The molecule has 4 bridgehead atoms. The van der Waals surface area contributed by atoms with E-state index in [0.29, 0.717) is 0 Å². The number of aliphatic hydroxyl groups is 2. The average Bonchev–Trinajstić information content (AvgIpc) is 2.49. The summed E-state index contributed by atoms with van der Waals surface area (Å²) in [5, 5.41) is 17.6. The van der Waals surface area contributed by atoms with Gasteiger partial charge in [0.1, 0.15) is 0 Å². The van der Waals surface area contributed by atoms with Crippen molar-refractivity contribution in [2.24, 2.45) is 10.8 Å². The summed E-state index contributed by atoms with van der Waals surface area (Å²) in [5.41, 5.74) is -27.8. The highest BCUT2D eigenvalue weighted by atomic mass is 19.3. The number of rotatable bonds is 2. The number of aliphatic hydroxyl groups excluding tert-OH is 2. The van der Waals surface area contributed by atoms with Crippen molar-refractivity contribution in [1.82, 2.24) is 0 Å². The average molecular weight is 448 g/mol. The van der Waals surface area contributed by atoms with Crippen LogP contribution in [-0.4, -0.2) is 70.3 Å². The number of alkyl halides is 14. The molecule has 4 aliphatic carbocycles. The maximum atomic E-state index is 14.6. The Labute approximate surface area is 144 Å². The van der Waals surface area contributed by atoms with Crippen LogP contribution in [0, 0.1) is 10.8 Å². The van der Waals surface area contributed by atoms with Crippen molar-refractivity contribution in [3.8, 4) is 0 Å². The minimum absolute atomic E-state index is 3.57. The highest BCUT2D eigenvalue weighted by molar-refractivity contribution is 5.51. The van der Waals surface area contributed by atoms with Crippen LogP contribution in [0.5, 0.6) is 0 Å². The van der Waals surface area contributed by atoms with Crippen molar-refractivity contribution >= 4 is 0 Å². The van der Waals surface area contributed by atoms with Gasteiger partial charge in [0.15, 0.2) is 10.8 Å². The first-order valence-corrected chi connectivity index (χ1v) is 6.99. The minimum atomic E-state index is -7.66. The Hall–Kier alpha value is -1.06. The van der Waals surface area contributed by atoms with Gasteiger partial charge in [0.25, 0.3) is 5.92 Å². The molecule has 0 radical (unpaired) electrons. The summed E-state index contributed by atoms with van der Waals surface area (Å²) in [4.78, 5) is 0. The summed E-state index contributed by atoms with van der Waals surface area (Å²) in [6.45, 7) is -7.14. The summed E-state index contributed by atoms with van der Waals surface area (Å²) < 4.78 is 201. The monoisotopic (exact) mass is 448 g/mol. The van der Waals surface area contributed by atoms with Gasteiger partial charge in [0.2, 0.25) is 0 Å². The van der Waals surface area contributed by atoms with E-state index in [1.165, 1.54) is 0 Å². The maximum absolute atomic E-state index is 14.6. The normalized spacial score (nSPS) is 50.6. The molecule has 0 aliphatic heterocycles. The van der Waals surface area contributed by atoms with Gasteiger partial charge < -0.3 is 10.2 Å². The molecule has 0 aromatic rings. The molecule has 164 valence electrons. The van der Waals surface area contributed by atoms with Gasteiger partial charge in [-0.1, -0.05) is 0 Å². The fourth-order valence-electron chi connectivity index (χ4n) is 4.74. The molecular formula is C12H6F14O2. The van der Waals surface area contributed by atoms with Crippen LogP contribution in [0.3, 0.4) is 0 Å². The molecule has 0 heterocycles. The first-order valence-electron chi connectivity index (χ1n) is 6.99. The first kappa shape index (κ1) is 21.6. The molecule has 2 nitrogen and oxygen atoms in total. The zero-order valence-electron chi connectivity index (χ0n) is 12.6. The van der Waals surface area contributed by atoms with Crippen LogP contribution in [0.1, 0.15) is 0 Å². The van der Waals surface area contributed by atoms with Gasteiger partial charge in [-0.2, -0.15) is 8.78 Å². The van der Waals surface area contributed by atoms with Gasteiger partial charge in [-0.3, -0.25) is 0 Å². The molecule has 16 heteroatoms. The predicted octanol–water partition coefficient (Wildman–Crippen LogP) is 3.21. The molecular weight excluding hydrogens is 442 g/mol. The van der Waals surface area contributed by atoms with E-state index in [9.17, 15) is 61.5 Å². The van der Waals surface area contributed by atoms with E-state index in [0.717, 1.165) is 0 Å². The van der Waals surface area contributed by atoms with Crippen LogP contribution in [-0.2, 0) is 0 Å². The molecule has 28 heavy (non-hydrogen) atoms. The Balaban J connectivity index is 2.75. The van der Waals surface area contributed by atoms with Crippen molar-refractivity contribution in [1.29, 1.82) is 0 Å². The number of hydrogen-bond donors (Lipinski definition) is 2. The van der Waals surface area contributed by atoms with Crippen molar-refractivity contribution in [3.63, 3.8) is 0 Å². The summed E-state index contributed by atoms with van der Waals surface area (Å²) in [7, 11) is 0. The summed E-state index contributed by atoms with van der Waals surface area (Å²) in [6, 6.07) is 0. The molecule has 0 aromatic heterocycles. The molecule has 0 spiro atoms. The summed E-state index contributed by atoms with van der Waals surface area (Å²) in [5.74, 6) is -44.2. The van der Waals surface area contributed by atoms with Gasteiger partial charge in [-0.15, -0.1) is 0 Å². The third-order valence-corrected chi connectivity index (χ3v) is 6.29. The van der Waals surface area contributed by atoms with Crippen LogP contribution in [0.4, 0.5) is 61.5 Å². The summed E-state index contributed by atoms with van der Waals surface area (Å²) in [6.07, 6.45) is 0. The first-order chi connectivity index (χ1) is 12.1. The third-order valence-electron chi connectivity index (χ3n) is 6.29. The zero-order chi connectivity index (χ0) is 22.4. The zero-order valence-corrected chi connectivity index (χ0v) is 12.6. The predicted molar refractivity (Wildman–Crippen MR) is 56.4 cm³/mol. The molecule has 4 aliphatic rings. The second-order valence-electron chi connectivity index (χ2n) is 6.89. The van der Waals surface area contributed by atoms with Gasteiger partial charge >= 0.3 is 41.0 Å². The smallest absolute Gasteiger partial charge is 0.338 e. The van der Waals surface area contributed by atoms with Crippen LogP contribution < -0.4 is 0 Å². The molecule has 4 fully saturated rings. The molecule has 0 saturated heterocycles. The minimum Gasteiger partial charge on any atom is -0.395 e. The highest BCUT2D eigenvalue weighted by Crippen LogP contribution is 2.91. The van der Waals surface area contributed by atoms with E-state index in [1.54, 1.807) is 0 Å². The molecule has 0 atom stereocenters.